The van der Waals surface area contributed by atoms with Gasteiger partial charge in [-0.05, 0) is 36.0 Å². The van der Waals surface area contributed by atoms with Gasteiger partial charge in [-0.1, -0.05) is 61.5 Å². The van der Waals surface area contributed by atoms with Gasteiger partial charge >= 0.3 is 5.69 Å². The third kappa shape index (κ3) is 3.77. The predicted octanol–water partition coefficient (Wildman–Crippen LogP) is 2.95. The minimum absolute atomic E-state index is 0.252. The first-order chi connectivity index (χ1) is 15.9. The van der Waals surface area contributed by atoms with Gasteiger partial charge in [-0.3, -0.25) is 13.9 Å². The van der Waals surface area contributed by atoms with Crippen LogP contribution in [0.5, 0.6) is 0 Å². The van der Waals surface area contributed by atoms with E-state index in [0.717, 1.165) is 36.6 Å². The maximum atomic E-state index is 13.6. The van der Waals surface area contributed by atoms with E-state index in [9.17, 15) is 9.59 Å². The fraction of sp³-hybridized carbons (Fsp3) is 0.346. The Kier molecular flexibility index (Phi) is 5.40. The van der Waals surface area contributed by atoms with E-state index in [2.05, 4.69) is 36.1 Å². The topological polar surface area (TPSA) is 65.1 Å². The van der Waals surface area contributed by atoms with E-state index < -0.39 is 0 Å². The molecule has 1 aliphatic heterocycles. The molecular weight excluding hydrogens is 414 g/mol. The summed E-state index contributed by atoms with van der Waals surface area (Å²) in [6.07, 6.45) is 0.896. The Bertz CT molecular complexity index is 1430. The first kappa shape index (κ1) is 21.2. The number of aryl methyl sites for hydroxylation is 2. The van der Waals surface area contributed by atoms with Crippen LogP contribution >= 0.6 is 0 Å². The largest absolute Gasteiger partial charge is 0.342 e. The average Bonchev–Trinajstić information content (AvgIpc) is 3.20. The normalized spacial score (nSPS) is 15.7. The first-order valence-corrected chi connectivity index (χ1v) is 11.5. The Hall–Kier alpha value is -3.61. The molecule has 3 heterocycles. The van der Waals surface area contributed by atoms with Gasteiger partial charge in [-0.15, -0.1) is 0 Å². The average molecular weight is 444 g/mol. The van der Waals surface area contributed by atoms with E-state index >= 15 is 0 Å². The molecule has 2 aromatic heterocycles. The molecule has 0 amide bonds. The Labute approximate surface area is 192 Å². The van der Waals surface area contributed by atoms with Gasteiger partial charge in [0.1, 0.15) is 0 Å². The van der Waals surface area contributed by atoms with Crippen molar-refractivity contribution in [2.45, 2.75) is 33.4 Å². The Balaban J connectivity index is 1.60. The first-order valence-electron chi connectivity index (χ1n) is 11.5. The minimum atomic E-state index is -0.338. The highest BCUT2D eigenvalue weighted by atomic mass is 16.2. The van der Waals surface area contributed by atoms with Crippen molar-refractivity contribution in [3.8, 4) is 0 Å². The lowest BCUT2D eigenvalue weighted by atomic mass is 10.1. The highest BCUT2D eigenvalue weighted by molar-refractivity contribution is 5.75. The third-order valence-electron chi connectivity index (χ3n) is 6.62. The molecule has 170 valence electrons. The van der Waals surface area contributed by atoms with Gasteiger partial charge in [-0.2, -0.15) is 4.98 Å². The monoisotopic (exact) mass is 443 g/mol. The molecule has 0 radical (unpaired) electrons. The number of hydrogen-bond donors (Lipinski definition) is 0. The van der Waals surface area contributed by atoms with Gasteiger partial charge in [0, 0.05) is 26.7 Å². The van der Waals surface area contributed by atoms with Crippen molar-refractivity contribution < 1.29 is 0 Å². The lowest BCUT2D eigenvalue weighted by Crippen LogP contribution is -2.41. The second-order valence-electron chi connectivity index (χ2n) is 9.14. The summed E-state index contributed by atoms with van der Waals surface area (Å²) in [6, 6.07) is 18.2. The van der Waals surface area contributed by atoms with Crippen LogP contribution in [-0.4, -0.2) is 31.8 Å². The van der Waals surface area contributed by atoms with Crippen LogP contribution in [0.1, 0.15) is 23.6 Å². The summed E-state index contributed by atoms with van der Waals surface area (Å²) >= 11 is 0. The number of anilines is 1. The molecule has 1 atom stereocenters. The maximum Gasteiger partial charge on any atom is 0.332 e. The zero-order valence-corrected chi connectivity index (χ0v) is 19.4. The highest BCUT2D eigenvalue weighted by Gasteiger charge is 2.28. The second kappa shape index (κ2) is 8.39. The molecule has 1 aliphatic rings. The predicted molar refractivity (Wildman–Crippen MR) is 131 cm³/mol. The molecule has 2 aromatic carbocycles. The summed E-state index contributed by atoms with van der Waals surface area (Å²) in [5, 5.41) is 0. The number of imidazole rings is 1. The molecule has 0 unspecified atom stereocenters. The number of nitrogens with zero attached hydrogens (tertiary/aromatic N) is 5. The number of rotatable bonds is 5. The summed E-state index contributed by atoms with van der Waals surface area (Å²) in [4.78, 5) is 33.8. The van der Waals surface area contributed by atoms with Crippen LogP contribution in [0.4, 0.5) is 5.95 Å². The zero-order chi connectivity index (χ0) is 23.1. The molecule has 0 saturated heterocycles. The van der Waals surface area contributed by atoms with Crippen molar-refractivity contribution in [2.24, 2.45) is 13.0 Å². The number of fused-ring (bicyclic) bond motifs is 3. The maximum absolute atomic E-state index is 13.6. The van der Waals surface area contributed by atoms with Crippen LogP contribution in [-0.2, 0) is 26.6 Å². The highest BCUT2D eigenvalue weighted by Crippen LogP contribution is 2.27. The van der Waals surface area contributed by atoms with Gasteiger partial charge in [0.2, 0.25) is 5.95 Å². The zero-order valence-electron chi connectivity index (χ0n) is 19.4. The third-order valence-corrected chi connectivity index (χ3v) is 6.62. The van der Waals surface area contributed by atoms with Crippen molar-refractivity contribution in [2.75, 3.05) is 18.0 Å². The van der Waals surface area contributed by atoms with Crippen molar-refractivity contribution in [1.29, 1.82) is 0 Å². The van der Waals surface area contributed by atoms with E-state index in [0.29, 0.717) is 23.6 Å². The number of aromatic nitrogens is 4. The molecule has 0 N–H and O–H groups in total. The van der Waals surface area contributed by atoms with E-state index in [1.165, 1.54) is 14.7 Å². The molecule has 7 nitrogen and oxygen atoms in total. The molecule has 0 fully saturated rings. The van der Waals surface area contributed by atoms with Crippen molar-refractivity contribution in [3.05, 3.63) is 92.1 Å². The SMILES string of the molecule is Cc1ccccc1Cn1c(=O)c2c(nc3n2C[C@@H](C)CN3CCc2ccccc2)n(C)c1=O. The molecule has 0 saturated carbocycles. The van der Waals surface area contributed by atoms with E-state index in [1.807, 2.05) is 41.8 Å². The Morgan fingerprint density at radius 1 is 1.00 bits per heavy atom. The van der Waals surface area contributed by atoms with Gasteiger partial charge in [0.25, 0.3) is 5.56 Å². The van der Waals surface area contributed by atoms with E-state index in [-0.39, 0.29) is 17.8 Å². The summed E-state index contributed by atoms with van der Waals surface area (Å²) in [6.45, 7) is 6.84. The van der Waals surface area contributed by atoms with Crippen LogP contribution in [0, 0.1) is 12.8 Å². The van der Waals surface area contributed by atoms with Crippen molar-refractivity contribution in [1.82, 2.24) is 18.7 Å². The standard InChI is InChI=1S/C26H29N5O2/c1-18-15-29(14-13-20-10-5-4-6-11-20)25-27-23-22(30(25)16-18)24(32)31(26(33)28(23)3)17-21-12-8-7-9-19(21)2/h4-12,18H,13-17H2,1-3H3/t18-/m0/s1. The lowest BCUT2D eigenvalue weighted by Gasteiger charge is -2.33. The van der Waals surface area contributed by atoms with Crippen LogP contribution < -0.4 is 16.1 Å². The molecule has 33 heavy (non-hydrogen) atoms. The van der Waals surface area contributed by atoms with Gasteiger partial charge in [-0.25, -0.2) is 4.79 Å². The molecular formula is C26H29N5O2. The lowest BCUT2D eigenvalue weighted by molar-refractivity contribution is 0.437. The number of hydrogen-bond acceptors (Lipinski definition) is 4. The van der Waals surface area contributed by atoms with Crippen LogP contribution in [0.25, 0.3) is 11.2 Å². The molecule has 0 spiro atoms. The number of benzene rings is 2. The van der Waals surface area contributed by atoms with Crippen molar-refractivity contribution in [3.63, 3.8) is 0 Å². The van der Waals surface area contributed by atoms with Gasteiger partial charge < -0.3 is 9.47 Å². The molecule has 4 aromatic rings. The van der Waals surface area contributed by atoms with Crippen molar-refractivity contribution >= 4 is 17.1 Å². The Morgan fingerprint density at radius 3 is 2.48 bits per heavy atom. The summed E-state index contributed by atoms with van der Waals surface area (Å²) in [7, 11) is 1.70. The van der Waals surface area contributed by atoms with Crippen LogP contribution in [0.2, 0.25) is 0 Å². The summed E-state index contributed by atoms with van der Waals surface area (Å²) in [5.74, 6) is 1.15. The molecule has 7 heteroatoms. The Morgan fingerprint density at radius 2 is 1.73 bits per heavy atom. The van der Waals surface area contributed by atoms with Gasteiger partial charge in [0.05, 0.1) is 6.54 Å². The smallest absolute Gasteiger partial charge is 0.332 e. The van der Waals surface area contributed by atoms with Crippen LogP contribution in [0.15, 0.2) is 64.2 Å². The second-order valence-corrected chi connectivity index (χ2v) is 9.14. The van der Waals surface area contributed by atoms with Gasteiger partial charge in [0.15, 0.2) is 11.2 Å². The summed E-state index contributed by atoms with van der Waals surface area (Å²) < 4.78 is 4.87. The van der Waals surface area contributed by atoms with E-state index in [1.54, 1.807) is 7.05 Å². The minimum Gasteiger partial charge on any atom is -0.342 e. The fourth-order valence-electron chi connectivity index (χ4n) is 4.80. The summed E-state index contributed by atoms with van der Waals surface area (Å²) in [5.41, 5.74) is 3.65. The van der Waals surface area contributed by atoms with E-state index in [4.69, 9.17) is 4.98 Å². The molecule has 5 rings (SSSR count). The molecule has 0 bridgehead atoms. The van der Waals surface area contributed by atoms with Crippen LogP contribution in [0.3, 0.4) is 0 Å². The molecule has 0 aliphatic carbocycles. The quantitative estimate of drug-likeness (QED) is 0.476. The fourth-order valence-corrected chi connectivity index (χ4v) is 4.80.